The molecule has 0 fully saturated rings. The first-order chi connectivity index (χ1) is 7.84. The van der Waals surface area contributed by atoms with Gasteiger partial charge in [0.15, 0.2) is 0 Å². The minimum Gasteiger partial charge on any atom is -0.507 e. The molecule has 4 nitrogen and oxygen atoms in total. The Hall–Kier alpha value is -0.780. The smallest absolute Gasteiger partial charge is 0.339 e. The molecular formula is C12H17BrClNO3. The molecule has 1 atom stereocenters. The number of benzene rings is 1. The highest BCUT2D eigenvalue weighted by atomic mass is 79.9. The van der Waals surface area contributed by atoms with Gasteiger partial charge < -0.3 is 15.9 Å². The van der Waals surface area contributed by atoms with Crippen LogP contribution < -0.4 is 5.73 Å². The molecule has 0 unspecified atom stereocenters. The number of hydrogen-bond acceptors (Lipinski definition) is 3. The van der Waals surface area contributed by atoms with Gasteiger partial charge in [-0.3, -0.25) is 0 Å². The van der Waals surface area contributed by atoms with Gasteiger partial charge in [-0.05, 0) is 24.5 Å². The van der Waals surface area contributed by atoms with Crippen LogP contribution in [0.2, 0.25) is 0 Å². The molecule has 0 aliphatic rings. The lowest BCUT2D eigenvalue weighted by atomic mass is 9.95. The first-order valence-electron chi connectivity index (χ1n) is 5.34. The SMILES string of the molecule is CC(C)C[C@H](N)c1c(Br)ccc(C(=O)O)c1O.Cl. The fourth-order valence-electron chi connectivity index (χ4n) is 1.73. The molecule has 0 heterocycles. The third-order valence-corrected chi connectivity index (χ3v) is 3.18. The number of hydrogen-bond donors (Lipinski definition) is 3. The number of aromatic hydroxyl groups is 1. The Bertz CT molecular complexity index is 438. The monoisotopic (exact) mass is 337 g/mol. The van der Waals surface area contributed by atoms with Gasteiger partial charge >= 0.3 is 5.97 Å². The van der Waals surface area contributed by atoms with Crippen LogP contribution in [0, 0.1) is 5.92 Å². The Kier molecular flexibility index (Phi) is 6.67. The summed E-state index contributed by atoms with van der Waals surface area (Å²) in [7, 11) is 0. The second-order valence-electron chi connectivity index (χ2n) is 4.40. The number of nitrogens with two attached hydrogens (primary N) is 1. The van der Waals surface area contributed by atoms with E-state index in [-0.39, 0.29) is 29.8 Å². The van der Waals surface area contributed by atoms with Gasteiger partial charge in [0.05, 0.1) is 0 Å². The standard InChI is InChI=1S/C12H16BrNO3.ClH/c1-6(2)5-9(14)10-8(13)4-3-7(11(10)15)12(16)17;/h3-4,6,9,15H,5,14H2,1-2H3,(H,16,17);1H/t9-;/m0./s1. The fourth-order valence-corrected chi connectivity index (χ4v) is 2.35. The molecule has 1 aromatic carbocycles. The number of halogens is 2. The van der Waals surface area contributed by atoms with Gasteiger partial charge in [-0.15, -0.1) is 12.4 Å². The van der Waals surface area contributed by atoms with Crippen molar-refractivity contribution in [2.75, 3.05) is 0 Å². The number of carboxylic acids is 1. The molecule has 6 heteroatoms. The number of aromatic carboxylic acids is 1. The largest absolute Gasteiger partial charge is 0.507 e. The molecule has 0 saturated carbocycles. The van der Waals surface area contributed by atoms with Crippen molar-refractivity contribution in [2.45, 2.75) is 26.3 Å². The summed E-state index contributed by atoms with van der Waals surface area (Å²) in [5.74, 6) is -1.04. The first kappa shape index (κ1) is 17.2. The maximum Gasteiger partial charge on any atom is 0.339 e. The number of carboxylic acid groups (broad SMARTS) is 1. The van der Waals surface area contributed by atoms with E-state index in [4.69, 9.17) is 10.8 Å². The van der Waals surface area contributed by atoms with Crippen molar-refractivity contribution in [2.24, 2.45) is 11.7 Å². The second kappa shape index (κ2) is 6.97. The normalized spacial score (nSPS) is 12.1. The third kappa shape index (κ3) is 3.86. The van der Waals surface area contributed by atoms with Crippen molar-refractivity contribution >= 4 is 34.3 Å². The number of carbonyl (C=O) groups is 1. The zero-order valence-corrected chi connectivity index (χ0v) is 12.6. The van der Waals surface area contributed by atoms with Crippen molar-refractivity contribution < 1.29 is 15.0 Å². The number of phenols is 1. The maximum absolute atomic E-state index is 10.9. The predicted octanol–water partition coefficient (Wildman–Crippen LogP) is 3.32. The van der Waals surface area contributed by atoms with Crippen LogP contribution >= 0.6 is 28.3 Å². The van der Waals surface area contributed by atoms with E-state index in [0.29, 0.717) is 22.4 Å². The Labute approximate surface area is 121 Å². The maximum atomic E-state index is 10.9. The van der Waals surface area contributed by atoms with E-state index in [2.05, 4.69) is 15.9 Å². The van der Waals surface area contributed by atoms with Crippen molar-refractivity contribution in [3.8, 4) is 5.75 Å². The minimum absolute atomic E-state index is 0. The zero-order valence-electron chi connectivity index (χ0n) is 10.2. The van der Waals surface area contributed by atoms with Gasteiger partial charge in [-0.25, -0.2) is 4.79 Å². The van der Waals surface area contributed by atoms with E-state index >= 15 is 0 Å². The highest BCUT2D eigenvalue weighted by Gasteiger charge is 2.21. The fraction of sp³-hybridized carbons (Fsp3) is 0.417. The van der Waals surface area contributed by atoms with Crippen molar-refractivity contribution in [1.82, 2.24) is 0 Å². The molecule has 1 aromatic rings. The van der Waals surface area contributed by atoms with Crippen LogP contribution in [-0.4, -0.2) is 16.2 Å². The lowest BCUT2D eigenvalue weighted by Crippen LogP contribution is -2.15. The van der Waals surface area contributed by atoms with E-state index in [1.165, 1.54) is 6.07 Å². The lowest BCUT2D eigenvalue weighted by Gasteiger charge is -2.18. The average molecular weight is 339 g/mol. The molecule has 0 aliphatic heterocycles. The summed E-state index contributed by atoms with van der Waals surface area (Å²) in [6.45, 7) is 4.04. The third-order valence-electron chi connectivity index (χ3n) is 2.49. The molecule has 0 radical (unpaired) electrons. The van der Waals surface area contributed by atoms with Crippen LogP contribution in [0.15, 0.2) is 16.6 Å². The van der Waals surface area contributed by atoms with Crippen molar-refractivity contribution in [3.63, 3.8) is 0 Å². The van der Waals surface area contributed by atoms with Gasteiger partial charge in [0, 0.05) is 16.1 Å². The Morgan fingerprint density at radius 2 is 2.00 bits per heavy atom. The van der Waals surface area contributed by atoms with Crippen LogP contribution in [0.25, 0.3) is 0 Å². The average Bonchev–Trinajstić information content (AvgIpc) is 2.15. The molecule has 102 valence electrons. The Balaban J connectivity index is 0.00000289. The van der Waals surface area contributed by atoms with E-state index < -0.39 is 5.97 Å². The summed E-state index contributed by atoms with van der Waals surface area (Å²) >= 11 is 3.29. The zero-order chi connectivity index (χ0) is 13.2. The molecular weight excluding hydrogens is 321 g/mol. The molecule has 0 amide bonds. The lowest BCUT2D eigenvalue weighted by molar-refractivity contribution is 0.0693. The Morgan fingerprint density at radius 3 is 2.44 bits per heavy atom. The van der Waals surface area contributed by atoms with Crippen LogP contribution in [0.5, 0.6) is 5.75 Å². The van der Waals surface area contributed by atoms with Gasteiger partial charge in [-0.2, -0.15) is 0 Å². The molecule has 0 bridgehead atoms. The van der Waals surface area contributed by atoms with Gasteiger partial charge in [0.2, 0.25) is 0 Å². The molecule has 4 N–H and O–H groups in total. The van der Waals surface area contributed by atoms with Crippen LogP contribution in [0.3, 0.4) is 0 Å². The minimum atomic E-state index is -1.16. The van der Waals surface area contributed by atoms with Crippen molar-refractivity contribution in [3.05, 3.63) is 27.7 Å². The first-order valence-corrected chi connectivity index (χ1v) is 6.14. The summed E-state index contributed by atoms with van der Waals surface area (Å²) in [6.07, 6.45) is 0.676. The molecule has 18 heavy (non-hydrogen) atoms. The highest BCUT2D eigenvalue weighted by molar-refractivity contribution is 9.10. The van der Waals surface area contributed by atoms with E-state index in [1.54, 1.807) is 6.07 Å². The quantitative estimate of drug-likeness (QED) is 0.786. The predicted molar refractivity (Wildman–Crippen MR) is 76.4 cm³/mol. The van der Waals surface area contributed by atoms with Gasteiger partial charge in [0.25, 0.3) is 0 Å². The summed E-state index contributed by atoms with van der Waals surface area (Å²) in [5.41, 5.74) is 6.32. The molecule has 1 rings (SSSR count). The summed E-state index contributed by atoms with van der Waals surface area (Å²) in [4.78, 5) is 10.9. The Morgan fingerprint density at radius 1 is 1.44 bits per heavy atom. The summed E-state index contributed by atoms with van der Waals surface area (Å²) in [6, 6.07) is 2.56. The van der Waals surface area contributed by atoms with Crippen LogP contribution in [0.4, 0.5) is 0 Å². The van der Waals surface area contributed by atoms with Crippen LogP contribution in [-0.2, 0) is 0 Å². The molecule has 0 spiro atoms. The molecule has 0 saturated heterocycles. The van der Waals surface area contributed by atoms with E-state index in [0.717, 1.165) is 0 Å². The van der Waals surface area contributed by atoms with Crippen molar-refractivity contribution in [1.29, 1.82) is 0 Å². The second-order valence-corrected chi connectivity index (χ2v) is 5.25. The summed E-state index contributed by atoms with van der Waals surface area (Å²) in [5, 5.41) is 18.9. The van der Waals surface area contributed by atoms with Crippen LogP contribution in [0.1, 0.15) is 42.2 Å². The molecule has 0 aromatic heterocycles. The van der Waals surface area contributed by atoms with Gasteiger partial charge in [-0.1, -0.05) is 29.8 Å². The highest BCUT2D eigenvalue weighted by Crippen LogP contribution is 2.36. The number of rotatable bonds is 4. The van der Waals surface area contributed by atoms with E-state index in [1.807, 2.05) is 13.8 Å². The summed E-state index contributed by atoms with van der Waals surface area (Å²) < 4.78 is 0.633. The van der Waals surface area contributed by atoms with E-state index in [9.17, 15) is 9.90 Å². The topological polar surface area (TPSA) is 83.6 Å². The van der Waals surface area contributed by atoms with Gasteiger partial charge in [0.1, 0.15) is 11.3 Å². The molecule has 0 aliphatic carbocycles.